The zero-order chi connectivity index (χ0) is 17.5. The van der Waals surface area contributed by atoms with Gasteiger partial charge in [0.05, 0.1) is 29.5 Å². The molecule has 4 atom stereocenters. The van der Waals surface area contributed by atoms with Crippen molar-refractivity contribution in [1.82, 2.24) is 24.4 Å². The molecule has 134 valence electrons. The Balaban J connectivity index is 1.34. The lowest BCUT2D eigenvalue weighted by molar-refractivity contribution is 0.0374. The molecule has 0 spiro atoms. The number of imidazole rings is 1. The number of aliphatic hydroxyl groups is 1. The van der Waals surface area contributed by atoms with E-state index in [2.05, 4.69) is 30.5 Å². The minimum absolute atomic E-state index is 0.114. The van der Waals surface area contributed by atoms with Crippen LogP contribution < -0.4 is 0 Å². The standard InChI is InChI=1S/C20H23N5O/c26-20-6-16-11-24(9-14-7-21-12-22-8-14)10-15(16)5-19(20)25-13-23-17-3-1-2-4-18(17)25/h1-4,7-8,12-13,15-16,19-20,26H,5-6,9-11H2/t15-,16+,19-,20-/m1/s1. The Hall–Kier alpha value is -2.31. The summed E-state index contributed by atoms with van der Waals surface area (Å²) in [4.78, 5) is 15.2. The van der Waals surface area contributed by atoms with Crippen molar-refractivity contribution in [2.45, 2.75) is 31.5 Å². The quantitative estimate of drug-likeness (QED) is 0.786. The van der Waals surface area contributed by atoms with Crippen molar-refractivity contribution >= 4 is 11.0 Å². The van der Waals surface area contributed by atoms with Gasteiger partial charge in [-0.3, -0.25) is 4.90 Å². The van der Waals surface area contributed by atoms with Gasteiger partial charge in [0.1, 0.15) is 6.33 Å². The SMILES string of the molecule is O[C@@H]1C[C@H]2CN(Cc3cncnc3)C[C@H]2C[C@H]1n1cnc2ccccc21. The predicted octanol–water partition coefficient (Wildman–Crippen LogP) is 2.27. The van der Waals surface area contributed by atoms with E-state index >= 15 is 0 Å². The first kappa shape index (κ1) is 15.9. The third-order valence-corrected chi connectivity index (χ3v) is 6.04. The van der Waals surface area contributed by atoms with Crippen LogP contribution in [-0.4, -0.2) is 48.7 Å². The molecule has 6 heteroatoms. The topological polar surface area (TPSA) is 67.1 Å². The van der Waals surface area contributed by atoms with E-state index < -0.39 is 0 Å². The Bertz CT molecular complexity index is 895. The average Bonchev–Trinajstić information content (AvgIpc) is 3.25. The fourth-order valence-corrected chi connectivity index (χ4v) is 4.84. The zero-order valence-electron chi connectivity index (χ0n) is 14.6. The third-order valence-electron chi connectivity index (χ3n) is 6.04. The van der Waals surface area contributed by atoms with Gasteiger partial charge in [-0.2, -0.15) is 0 Å². The van der Waals surface area contributed by atoms with Gasteiger partial charge in [0.15, 0.2) is 0 Å². The smallest absolute Gasteiger partial charge is 0.115 e. The summed E-state index contributed by atoms with van der Waals surface area (Å²) < 4.78 is 2.18. The van der Waals surface area contributed by atoms with Crippen molar-refractivity contribution in [3.05, 3.63) is 54.9 Å². The van der Waals surface area contributed by atoms with Crippen molar-refractivity contribution in [2.24, 2.45) is 11.8 Å². The minimum atomic E-state index is -0.311. The second kappa shape index (κ2) is 6.45. The van der Waals surface area contributed by atoms with Crippen molar-refractivity contribution in [1.29, 1.82) is 0 Å². The van der Waals surface area contributed by atoms with Gasteiger partial charge in [0.2, 0.25) is 0 Å². The first-order valence-electron chi connectivity index (χ1n) is 9.34. The molecule has 0 amide bonds. The fraction of sp³-hybridized carbons (Fsp3) is 0.450. The summed E-state index contributed by atoms with van der Waals surface area (Å²) in [5.41, 5.74) is 3.27. The van der Waals surface area contributed by atoms with Crippen molar-refractivity contribution in [3.8, 4) is 0 Å². The van der Waals surface area contributed by atoms with E-state index in [-0.39, 0.29) is 12.1 Å². The highest BCUT2D eigenvalue weighted by atomic mass is 16.3. The second-order valence-electron chi connectivity index (χ2n) is 7.71. The molecule has 6 nitrogen and oxygen atoms in total. The van der Waals surface area contributed by atoms with Crippen LogP contribution in [-0.2, 0) is 6.54 Å². The van der Waals surface area contributed by atoms with Crippen LogP contribution in [0.25, 0.3) is 11.0 Å². The molecule has 2 fully saturated rings. The number of rotatable bonds is 3. The number of aliphatic hydroxyl groups excluding tert-OH is 1. The van der Waals surface area contributed by atoms with Crippen LogP contribution in [0.2, 0.25) is 0 Å². The molecule has 1 saturated carbocycles. The number of hydrogen-bond acceptors (Lipinski definition) is 5. The van der Waals surface area contributed by atoms with Crippen LogP contribution in [0.5, 0.6) is 0 Å². The van der Waals surface area contributed by atoms with Gasteiger partial charge in [-0.15, -0.1) is 0 Å². The number of likely N-dealkylation sites (tertiary alicyclic amines) is 1. The van der Waals surface area contributed by atoms with Gasteiger partial charge in [-0.1, -0.05) is 12.1 Å². The predicted molar refractivity (Wildman–Crippen MR) is 98.3 cm³/mol. The number of nitrogens with zero attached hydrogens (tertiary/aromatic N) is 5. The molecule has 3 heterocycles. The molecular weight excluding hydrogens is 326 g/mol. The molecule has 0 unspecified atom stereocenters. The Morgan fingerprint density at radius 3 is 2.65 bits per heavy atom. The molecule has 1 aliphatic carbocycles. The van der Waals surface area contributed by atoms with Gasteiger partial charge in [-0.05, 0) is 36.8 Å². The van der Waals surface area contributed by atoms with Gasteiger partial charge in [0.25, 0.3) is 0 Å². The molecule has 26 heavy (non-hydrogen) atoms. The zero-order valence-corrected chi connectivity index (χ0v) is 14.6. The summed E-state index contributed by atoms with van der Waals surface area (Å²) in [7, 11) is 0. The molecule has 1 N–H and O–H groups in total. The highest BCUT2D eigenvalue weighted by molar-refractivity contribution is 5.75. The number of fused-ring (bicyclic) bond motifs is 2. The summed E-state index contributed by atoms with van der Waals surface area (Å²) >= 11 is 0. The van der Waals surface area contributed by atoms with Crippen LogP contribution in [0.1, 0.15) is 24.4 Å². The maximum Gasteiger partial charge on any atom is 0.115 e. The van der Waals surface area contributed by atoms with E-state index in [4.69, 9.17) is 0 Å². The highest BCUT2D eigenvalue weighted by Crippen LogP contribution is 2.42. The monoisotopic (exact) mass is 349 g/mol. The number of para-hydroxylation sites is 2. The van der Waals surface area contributed by atoms with Gasteiger partial charge in [0, 0.05) is 37.6 Å². The number of hydrogen-bond donors (Lipinski definition) is 1. The highest BCUT2D eigenvalue weighted by Gasteiger charge is 2.42. The molecular formula is C20H23N5O. The number of aromatic nitrogens is 4. The average molecular weight is 349 g/mol. The maximum absolute atomic E-state index is 10.8. The molecule has 1 aromatic carbocycles. The van der Waals surface area contributed by atoms with Crippen molar-refractivity contribution in [2.75, 3.05) is 13.1 Å². The molecule has 1 saturated heterocycles. The Morgan fingerprint density at radius 2 is 1.81 bits per heavy atom. The lowest BCUT2D eigenvalue weighted by Gasteiger charge is -2.36. The van der Waals surface area contributed by atoms with Crippen molar-refractivity contribution < 1.29 is 5.11 Å². The fourth-order valence-electron chi connectivity index (χ4n) is 4.84. The lowest BCUT2D eigenvalue weighted by Crippen LogP contribution is -2.36. The van der Waals surface area contributed by atoms with Gasteiger partial charge >= 0.3 is 0 Å². The van der Waals surface area contributed by atoms with E-state index in [1.165, 1.54) is 0 Å². The van der Waals surface area contributed by atoms with Crippen LogP contribution >= 0.6 is 0 Å². The molecule has 0 bridgehead atoms. The van der Waals surface area contributed by atoms with Crippen LogP contribution in [0.3, 0.4) is 0 Å². The number of benzene rings is 1. The van der Waals surface area contributed by atoms with E-state index in [0.717, 1.165) is 49.1 Å². The Labute approximate surface area is 152 Å². The second-order valence-corrected chi connectivity index (χ2v) is 7.71. The summed E-state index contributed by atoms with van der Waals surface area (Å²) in [6, 6.07) is 8.29. The van der Waals surface area contributed by atoms with E-state index in [1.54, 1.807) is 6.33 Å². The molecule has 0 radical (unpaired) electrons. The molecule has 5 rings (SSSR count). The van der Waals surface area contributed by atoms with Crippen LogP contribution in [0.15, 0.2) is 49.3 Å². The molecule has 2 aliphatic rings. The summed E-state index contributed by atoms with van der Waals surface area (Å²) in [6.07, 6.45) is 8.82. The van der Waals surface area contributed by atoms with Gasteiger partial charge < -0.3 is 9.67 Å². The summed E-state index contributed by atoms with van der Waals surface area (Å²) in [5, 5.41) is 10.8. The molecule has 2 aromatic heterocycles. The largest absolute Gasteiger partial charge is 0.391 e. The van der Waals surface area contributed by atoms with Crippen LogP contribution in [0.4, 0.5) is 0 Å². The van der Waals surface area contributed by atoms with E-state index in [1.807, 2.05) is 36.9 Å². The first-order valence-corrected chi connectivity index (χ1v) is 9.34. The normalized spacial score (nSPS) is 29.1. The lowest BCUT2D eigenvalue weighted by atomic mass is 9.77. The minimum Gasteiger partial charge on any atom is -0.391 e. The van der Waals surface area contributed by atoms with Crippen molar-refractivity contribution in [3.63, 3.8) is 0 Å². The maximum atomic E-state index is 10.8. The van der Waals surface area contributed by atoms with E-state index in [0.29, 0.717) is 11.8 Å². The van der Waals surface area contributed by atoms with Gasteiger partial charge in [-0.25, -0.2) is 15.0 Å². The summed E-state index contributed by atoms with van der Waals surface area (Å²) in [6.45, 7) is 3.02. The Kier molecular flexibility index (Phi) is 3.94. The van der Waals surface area contributed by atoms with Crippen LogP contribution in [0, 0.1) is 11.8 Å². The van der Waals surface area contributed by atoms with E-state index in [9.17, 15) is 5.11 Å². The molecule has 3 aromatic rings. The Morgan fingerprint density at radius 1 is 1.04 bits per heavy atom. The third kappa shape index (κ3) is 2.79. The summed E-state index contributed by atoms with van der Waals surface area (Å²) in [5.74, 6) is 1.19. The first-order chi connectivity index (χ1) is 12.8. The molecule has 1 aliphatic heterocycles.